The van der Waals surface area contributed by atoms with Gasteiger partial charge in [0.05, 0.1) is 36.1 Å². The van der Waals surface area contributed by atoms with Gasteiger partial charge in [0.2, 0.25) is 0 Å². The molecule has 9 heteroatoms. The smallest absolute Gasteiger partial charge is 0.131 e. The summed E-state index contributed by atoms with van der Waals surface area (Å²) in [4.78, 5) is 11.3. The molecule has 0 radical (unpaired) electrons. The molecular formula is C27H30F2N6O. The number of piperidine rings is 1. The number of hydrogen-bond acceptors (Lipinski definition) is 7. The molecule has 2 aliphatic heterocycles. The second-order valence-electron chi connectivity index (χ2n) is 9.17. The lowest BCUT2D eigenvalue weighted by Gasteiger charge is -2.27. The number of nitrogens with zero attached hydrogens (tertiary/aromatic N) is 3. The van der Waals surface area contributed by atoms with Crippen LogP contribution in [0.4, 0.5) is 8.78 Å². The minimum Gasteiger partial charge on any atom is -0.387 e. The van der Waals surface area contributed by atoms with Crippen LogP contribution in [0.1, 0.15) is 24.1 Å². The van der Waals surface area contributed by atoms with Crippen LogP contribution < -0.4 is 10.6 Å². The Morgan fingerprint density at radius 2 is 1.92 bits per heavy atom. The van der Waals surface area contributed by atoms with Gasteiger partial charge >= 0.3 is 0 Å². The van der Waals surface area contributed by atoms with Crippen molar-refractivity contribution in [2.75, 3.05) is 39.4 Å². The Balaban J connectivity index is 1.46. The van der Waals surface area contributed by atoms with Gasteiger partial charge in [-0.2, -0.15) is 0 Å². The van der Waals surface area contributed by atoms with Crippen molar-refractivity contribution in [3.8, 4) is 11.1 Å². The van der Waals surface area contributed by atoms with Gasteiger partial charge < -0.3 is 20.8 Å². The number of hydrogen-bond donors (Lipinski definition) is 3. The molecule has 0 atom stereocenters. The van der Waals surface area contributed by atoms with E-state index in [9.17, 15) is 0 Å². The monoisotopic (exact) mass is 492 g/mol. The molecule has 1 aromatic heterocycles. The van der Waals surface area contributed by atoms with Crippen molar-refractivity contribution < 1.29 is 13.5 Å². The van der Waals surface area contributed by atoms with Crippen molar-refractivity contribution in [3.63, 3.8) is 0 Å². The molecule has 2 aromatic carbocycles. The summed E-state index contributed by atoms with van der Waals surface area (Å²) < 4.78 is 35.5. The Kier molecular flexibility index (Phi) is 7.60. The zero-order chi connectivity index (χ0) is 24.9. The summed E-state index contributed by atoms with van der Waals surface area (Å²) in [5.41, 5.74) is 3.32. The molecule has 36 heavy (non-hydrogen) atoms. The Morgan fingerprint density at radius 3 is 2.64 bits per heavy atom. The van der Waals surface area contributed by atoms with E-state index in [1.165, 1.54) is 18.3 Å². The fourth-order valence-corrected chi connectivity index (χ4v) is 4.68. The van der Waals surface area contributed by atoms with Gasteiger partial charge in [0, 0.05) is 54.8 Å². The van der Waals surface area contributed by atoms with Crippen LogP contribution in [0.25, 0.3) is 27.7 Å². The van der Waals surface area contributed by atoms with E-state index < -0.39 is 11.6 Å². The Hall–Kier alpha value is -3.27. The van der Waals surface area contributed by atoms with Crippen LogP contribution >= 0.6 is 0 Å². The summed E-state index contributed by atoms with van der Waals surface area (Å²) in [5.74, 6) is -1.16. The molecule has 0 saturated carbocycles. The third-order valence-corrected chi connectivity index (χ3v) is 6.78. The topological polar surface area (TPSA) is 86.2 Å². The number of para-hydroxylation sites is 1. The molecule has 2 saturated heterocycles. The molecule has 3 N–H and O–H groups in total. The van der Waals surface area contributed by atoms with Crippen molar-refractivity contribution in [1.82, 2.24) is 25.5 Å². The second-order valence-corrected chi connectivity index (χ2v) is 9.17. The number of rotatable bonds is 7. The van der Waals surface area contributed by atoms with Crippen LogP contribution in [0.3, 0.4) is 0 Å². The first-order chi connectivity index (χ1) is 17.6. The van der Waals surface area contributed by atoms with E-state index in [0.717, 1.165) is 25.9 Å². The highest BCUT2D eigenvalue weighted by Gasteiger charge is 2.19. The maximum Gasteiger partial charge on any atom is 0.131 e. The molecule has 0 aliphatic carbocycles. The molecule has 2 aliphatic rings. The minimum absolute atomic E-state index is 0.0608. The van der Waals surface area contributed by atoms with Gasteiger partial charge in [-0.1, -0.05) is 12.1 Å². The maximum absolute atomic E-state index is 15.1. The summed E-state index contributed by atoms with van der Waals surface area (Å²) in [7, 11) is 0. The molecule has 0 bridgehead atoms. The predicted octanol–water partition coefficient (Wildman–Crippen LogP) is 3.74. The number of nitrogens with one attached hydrogen (secondary N) is 3. The second kappa shape index (κ2) is 11.2. The number of aromatic nitrogens is 2. The Labute approximate surface area is 209 Å². The molecule has 3 heterocycles. The molecule has 3 aromatic rings. The molecule has 5 rings (SSSR count). The average Bonchev–Trinajstić information content (AvgIpc) is 2.92. The maximum atomic E-state index is 15.1. The van der Waals surface area contributed by atoms with Crippen LogP contribution in [0, 0.1) is 17.0 Å². The first kappa shape index (κ1) is 24.4. The van der Waals surface area contributed by atoms with E-state index in [-0.39, 0.29) is 12.1 Å². The molecule has 2 fully saturated rings. The summed E-state index contributed by atoms with van der Waals surface area (Å²) in [6.45, 7) is 4.56. The molecular weight excluding hydrogens is 462 g/mol. The summed E-state index contributed by atoms with van der Waals surface area (Å²) >= 11 is 0. The van der Waals surface area contributed by atoms with Crippen molar-refractivity contribution in [2.45, 2.75) is 25.4 Å². The molecule has 0 unspecified atom stereocenters. The third kappa shape index (κ3) is 5.43. The van der Waals surface area contributed by atoms with Crippen LogP contribution in [-0.2, 0) is 11.3 Å². The lowest BCUT2D eigenvalue weighted by atomic mass is 10.0. The van der Waals surface area contributed by atoms with Crippen molar-refractivity contribution >= 4 is 22.8 Å². The standard InChI is InChI=1S/C27H30F2N6O/c28-23-12-18(13-24(29)22(23)17-35-8-10-36-11-9-35)21-2-1-3-25-27(21)34-26(16-33-25)19(14-30)15-32-20-4-6-31-7-5-20/h1-3,12-16,20,30-32H,4-11,17H2/b19-15+,30-14?. The lowest BCUT2D eigenvalue weighted by molar-refractivity contribution is 0.0332. The van der Waals surface area contributed by atoms with E-state index >= 15 is 8.78 Å². The number of morpholine rings is 1. The van der Waals surface area contributed by atoms with E-state index in [1.807, 2.05) is 11.0 Å². The predicted molar refractivity (Wildman–Crippen MR) is 137 cm³/mol. The summed E-state index contributed by atoms with van der Waals surface area (Å²) in [5, 5.41) is 14.6. The van der Waals surface area contributed by atoms with Crippen LogP contribution in [0.15, 0.2) is 42.7 Å². The summed E-state index contributed by atoms with van der Waals surface area (Å²) in [6.07, 6.45) is 6.69. The van der Waals surface area contributed by atoms with Crippen LogP contribution in [0.5, 0.6) is 0 Å². The molecule has 0 amide bonds. The molecule has 188 valence electrons. The van der Waals surface area contributed by atoms with E-state index in [4.69, 9.17) is 15.1 Å². The van der Waals surface area contributed by atoms with Gasteiger partial charge in [0.25, 0.3) is 0 Å². The van der Waals surface area contributed by atoms with E-state index in [2.05, 4.69) is 15.6 Å². The quantitative estimate of drug-likeness (QED) is 0.436. The number of benzene rings is 2. The van der Waals surface area contributed by atoms with E-state index in [0.29, 0.717) is 65.8 Å². The van der Waals surface area contributed by atoms with Gasteiger partial charge in [-0.05, 0) is 49.7 Å². The normalized spacial score (nSPS) is 17.9. The minimum atomic E-state index is -0.580. The average molecular weight is 493 g/mol. The number of halogens is 2. The van der Waals surface area contributed by atoms with Gasteiger partial charge in [-0.3, -0.25) is 9.88 Å². The van der Waals surface area contributed by atoms with Gasteiger partial charge in [0.1, 0.15) is 11.6 Å². The number of ether oxygens (including phenoxy) is 1. The lowest BCUT2D eigenvalue weighted by Crippen LogP contribution is -2.37. The van der Waals surface area contributed by atoms with Crippen LogP contribution in [0.2, 0.25) is 0 Å². The Morgan fingerprint density at radius 1 is 1.17 bits per heavy atom. The zero-order valence-corrected chi connectivity index (χ0v) is 20.1. The summed E-state index contributed by atoms with van der Waals surface area (Å²) in [6, 6.07) is 8.48. The largest absolute Gasteiger partial charge is 0.387 e. The number of allylic oxidation sites excluding steroid dienone is 1. The first-order valence-corrected chi connectivity index (χ1v) is 12.3. The SMILES string of the molecule is N=C/C(=C\NC1CCNCC1)c1cnc2cccc(-c3cc(F)c(CN4CCOCC4)c(F)c3)c2n1. The van der Waals surface area contributed by atoms with E-state index in [1.54, 1.807) is 24.5 Å². The fourth-order valence-electron chi connectivity index (χ4n) is 4.68. The van der Waals surface area contributed by atoms with Gasteiger partial charge in [-0.15, -0.1) is 0 Å². The van der Waals surface area contributed by atoms with Crippen molar-refractivity contribution in [3.05, 3.63) is 65.6 Å². The fraction of sp³-hybridized carbons (Fsp3) is 0.370. The van der Waals surface area contributed by atoms with Gasteiger partial charge in [-0.25, -0.2) is 13.8 Å². The van der Waals surface area contributed by atoms with Crippen LogP contribution in [-0.4, -0.2) is 66.5 Å². The highest BCUT2D eigenvalue weighted by atomic mass is 19.1. The Bertz CT molecular complexity index is 1250. The molecule has 7 nitrogen and oxygen atoms in total. The zero-order valence-electron chi connectivity index (χ0n) is 20.1. The third-order valence-electron chi connectivity index (χ3n) is 6.78. The highest BCUT2D eigenvalue weighted by molar-refractivity contribution is 6.08. The van der Waals surface area contributed by atoms with Crippen molar-refractivity contribution in [2.24, 2.45) is 0 Å². The highest BCUT2D eigenvalue weighted by Crippen LogP contribution is 2.30. The first-order valence-electron chi connectivity index (χ1n) is 12.3. The van der Waals surface area contributed by atoms with Crippen molar-refractivity contribution in [1.29, 1.82) is 5.41 Å². The molecule has 0 spiro atoms. The number of fused-ring (bicyclic) bond motifs is 1. The van der Waals surface area contributed by atoms with Gasteiger partial charge in [0.15, 0.2) is 0 Å².